The molecular formula is C17H16N4O2S. The van der Waals surface area contributed by atoms with Gasteiger partial charge < -0.3 is 0 Å². The third kappa shape index (κ3) is 3.30. The third-order valence-electron chi connectivity index (χ3n) is 3.64. The van der Waals surface area contributed by atoms with Crippen LogP contribution in [-0.4, -0.2) is 19.7 Å². The topological polar surface area (TPSA) is 73.8 Å². The number of nitrogens with zero attached hydrogens (tertiary/aromatic N) is 4. The number of hydrogen-bond donors (Lipinski definition) is 0. The Balaban J connectivity index is 1.86. The third-order valence-corrected chi connectivity index (χ3v) is 4.64. The van der Waals surface area contributed by atoms with Crippen molar-refractivity contribution in [3.63, 3.8) is 0 Å². The molecule has 0 fully saturated rings. The largest absolute Gasteiger partial charge is 0.274 e. The number of hydrogen-bond acceptors (Lipinski definition) is 5. The molecule has 0 aliphatic carbocycles. The Morgan fingerprint density at radius 2 is 1.92 bits per heavy atom. The quantitative estimate of drug-likeness (QED) is 0.397. The summed E-state index contributed by atoms with van der Waals surface area (Å²) in [5.41, 5.74) is 3.16. The molecule has 0 amide bonds. The maximum atomic E-state index is 10.9. The van der Waals surface area contributed by atoms with Gasteiger partial charge in [-0.1, -0.05) is 42.1 Å². The molecule has 2 aromatic carbocycles. The molecule has 24 heavy (non-hydrogen) atoms. The van der Waals surface area contributed by atoms with Gasteiger partial charge in [0.15, 0.2) is 5.16 Å². The van der Waals surface area contributed by atoms with Gasteiger partial charge in [0.05, 0.1) is 10.6 Å². The van der Waals surface area contributed by atoms with E-state index in [0.29, 0.717) is 5.75 Å². The number of benzene rings is 2. The number of aryl methyl sites for hydroxylation is 2. The lowest BCUT2D eigenvalue weighted by Gasteiger charge is -2.11. The SMILES string of the molecule is Cc1ccccc1-n1c(C)nnc1SCc1cccc([N+](=O)[O-])c1. The van der Waals surface area contributed by atoms with Crippen molar-refractivity contribution in [3.05, 3.63) is 75.6 Å². The molecular weight excluding hydrogens is 324 g/mol. The molecule has 0 aliphatic heterocycles. The van der Waals surface area contributed by atoms with Gasteiger partial charge in [-0.15, -0.1) is 10.2 Å². The van der Waals surface area contributed by atoms with Crippen LogP contribution in [0.3, 0.4) is 0 Å². The van der Waals surface area contributed by atoms with Crippen molar-refractivity contribution in [2.75, 3.05) is 0 Å². The lowest BCUT2D eigenvalue weighted by Crippen LogP contribution is -2.01. The highest BCUT2D eigenvalue weighted by Gasteiger charge is 2.14. The predicted octanol–water partition coefficient (Wildman–Crippen LogP) is 4.08. The highest BCUT2D eigenvalue weighted by molar-refractivity contribution is 7.98. The van der Waals surface area contributed by atoms with E-state index in [1.54, 1.807) is 12.1 Å². The number of aromatic nitrogens is 3. The molecule has 0 N–H and O–H groups in total. The number of thioether (sulfide) groups is 1. The highest BCUT2D eigenvalue weighted by Crippen LogP contribution is 2.27. The zero-order valence-corrected chi connectivity index (χ0v) is 14.2. The Bertz CT molecular complexity index is 892. The van der Waals surface area contributed by atoms with Crippen LogP contribution >= 0.6 is 11.8 Å². The zero-order valence-electron chi connectivity index (χ0n) is 13.3. The minimum Gasteiger partial charge on any atom is -0.274 e. The fourth-order valence-electron chi connectivity index (χ4n) is 2.44. The van der Waals surface area contributed by atoms with E-state index in [2.05, 4.69) is 10.2 Å². The standard InChI is InChI=1S/C17H16N4O2S/c1-12-6-3-4-9-16(12)20-13(2)18-19-17(20)24-11-14-7-5-8-15(10-14)21(22)23/h3-10H,11H2,1-2H3. The number of nitro benzene ring substituents is 1. The molecule has 1 aromatic heterocycles. The second kappa shape index (κ2) is 6.84. The van der Waals surface area contributed by atoms with Crippen LogP contribution in [0, 0.1) is 24.0 Å². The number of rotatable bonds is 5. The van der Waals surface area contributed by atoms with Gasteiger partial charge in [-0.3, -0.25) is 14.7 Å². The van der Waals surface area contributed by atoms with Crippen molar-refractivity contribution >= 4 is 17.4 Å². The van der Waals surface area contributed by atoms with Crippen molar-refractivity contribution in [1.82, 2.24) is 14.8 Å². The van der Waals surface area contributed by atoms with Crippen molar-refractivity contribution in [3.8, 4) is 5.69 Å². The normalized spacial score (nSPS) is 10.8. The first-order chi connectivity index (χ1) is 11.6. The summed E-state index contributed by atoms with van der Waals surface area (Å²) in [5.74, 6) is 1.40. The minimum absolute atomic E-state index is 0.102. The summed E-state index contributed by atoms with van der Waals surface area (Å²) in [6.07, 6.45) is 0. The number of nitro groups is 1. The maximum Gasteiger partial charge on any atom is 0.269 e. The van der Waals surface area contributed by atoms with Gasteiger partial charge in [-0.25, -0.2) is 0 Å². The molecule has 0 aliphatic rings. The summed E-state index contributed by atoms with van der Waals surface area (Å²) in [4.78, 5) is 10.5. The van der Waals surface area contributed by atoms with E-state index in [9.17, 15) is 10.1 Å². The van der Waals surface area contributed by atoms with Crippen LogP contribution < -0.4 is 0 Å². The Kier molecular flexibility index (Phi) is 4.61. The second-order valence-electron chi connectivity index (χ2n) is 5.37. The number of non-ortho nitro benzene ring substituents is 1. The molecule has 0 saturated carbocycles. The Morgan fingerprint density at radius 3 is 2.67 bits per heavy atom. The first-order valence-corrected chi connectivity index (χ1v) is 8.39. The smallest absolute Gasteiger partial charge is 0.269 e. The van der Waals surface area contributed by atoms with Crippen LogP contribution in [-0.2, 0) is 5.75 Å². The maximum absolute atomic E-state index is 10.9. The Hall–Kier alpha value is -2.67. The van der Waals surface area contributed by atoms with Gasteiger partial charge in [0.1, 0.15) is 5.82 Å². The van der Waals surface area contributed by atoms with E-state index >= 15 is 0 Å². The summed E-state index contributed by atoms with van der Waals surface area (Å²) < 4.78 is 2.01. The molecule has 0 atom stereocenters. The van der Waals surface area contributed by atoms with Crippen molar-refractivity contribution in [1.29, 1.82) is 0 Å². The molecule has 0 unspecified atom stereocenters. The summed E-state index contributed by atoms with van der Waals surface area (Å²) in [6, 6.07) is 14.7. The predicted molar refractivity (Wildman–Crippen MR) is 93.5 cm³/mol. The summed E-state index contributed by atoms with van der Waals surface area (Å²) in [5, 5.41) is 20.1. The van der Waals surface area contributed by atoms with Crippen molar-refractivity contribution in [2.24, 2.45) is 0 Å². The molecule has 0 saturated heterocycles. The lowest BCUT2D eigenvalue weighted by molar-refractivity contribution is -0.384. The first-order valence-electron chi connectivity index (χ1n) is 7.40. The van der Waals surface area contributed by atoms with Crippen molar-refractivity contribution < 1.29 is 4.92 Å². The zero-order chi connectivity index (χ0) is 17.1. The lowest BCUT2D eigenvalue weighted by atomic mass is 10.2. The summed E-state index contributed by atoms with van der Waals surface area (Å²) in [7, 11) is 0. The van der Waals surface area contributed by atoms with E-state index in [1.807, 2.05) is 48.7 Å². The van der Waals surface area contributed by atoms with E-state index in [1.165, 1.54) is 17.8 Å². The van der Waals surface area contributed by atoms with E-state index in [0.717, 1.165) is 27.8 Å². The summed E-state index contributed by atoms with van der Waals surface area (Å²) >= 11 is 1.51. The van der Waals surface area contributed by atoms with Gasteiger partial charge in [0.25, 0.3) is 5.69 Å². The van der Waals surface area contributed by atoms with E-state index in [4.69, 9.17) is 0 Å². The molecule has 3 rings (SSSR count). The average molecular weight is 340 g/mol. The van der Waals surface area contributed by atoms with Gasteiger partial charge in [0.2, 0.25) is 0 Å². The number of para-hydroxylation sites is 1. The Morgan fingerprint density at radius 1 is 1.12 bits per heavy atom. The van der Waals surface area contributed by atoms with E-state index < -0.39 is 0 Å². The molecule has 1 heterocycles. The van der Waals surface area contributed by atoms with Crippen LogP contribution in [0.5, 0.6) is 0 Å². The van der Waals surface area contributed by atoms with Crippen LogP contribution in [0.15, 0.2) is 53.7 Å². The van der Waals surface area contributed by atoms with Gasteiger partial charge in [0, 0.05) is 17.9 Å². The molecule has 7 heteroatoms. The fourth-order valence-corrected chi connectivity index (χ4v) is 3.37. The molecule has 0 spiro atoms. The molecule has 3 aromatic rings. The van der Waals surface area contributed by atoms with Crippen LogP contribution in [0.4, 0.5) is 5.69 Å². The molecule has 6 nitrogen and oxygen atoms in total. The summed E-state index contributed by atoms with van der Waals surface area (Å²) in [6.45, 7) is 3.96. The van der Waals surface area contributed by atoms with Gasteiger partial charge in [-0.05, 0) is 31.0 Å². The van der Waals surface area contributed by atoms with Crippen LogP contribution in [0.25, 0.3) is 5.69 Å². The van der Waals surface area contributed by atoms with Gasteiger partial charge >= 0.3 is 0 Å². The molecule has 0 radical (unpaired) electrons. The second-order valence-corrected chi connectivity index (χ2v) is 6.31. The van der Waals surface area contributed by atoms with Crippen LogP contribution in [0.1, 0.15) is 17.0 Å². The Labute approximate surface area is 143 Å². The van der Waals surface area contributed by atoms with Crippen LogP contribution in [0.2, 0.25) is 0 Å². The molecule has 122 valence electrons. The fraction of sp³-hybridized carbons (Fsp3) is 0.176. The van der Waals surface area contributed by atoms with Gasteiger partial charge in [-0.2, -0.15) is 0 Å². The molecule has 0 bridgehead atoms. The highest BCUT2D eigenvalue weighted by atomic mass is 32.2. The first kappa shape index (κ1) is 16.2. The minimum atomic E-state index is -0.381. The van der Waals surface area contributed by atoms with Crippen molar-refractivity contribution in [2.45, 2.75) is 24.8 Å². The average Bonchev–Trinajstić information content (AvgIpc) is 2.94. The van der Waals surface area contributed by atoms with E-state index in [-0.39, 0.29) is 10.6 Å². The monoisotopic (exact) mass is 340 g/mol.